The number of nitrogens with zero attached hydrogens (tertiary/aromatic N) is 3. The summed E-state index contributed by atoms with van der Waals surface area (Å²) in [7, 11) is 0. The summed E-state index contributed by atoms with van der Waals surface area (Å²) in [6.07, 6.45) is 3.02. The summed E-state index contributed by atoms with van der Waals surface area (Å²) < 4.78 is 7.75. The number of carbonyl (C=O) groups is 2. The summed E-state index contributed by atoms with van der Waals surface area (Å²) in [4.78, 5) is 23.8. The van der Waals surface area contributed by atoms with Crippen LogP contribution in [-0.2, 0) is 22.5 Å². The van der Waals surface area contributed by atoms with Gasteiger partial charge in [-0.1, -0.05) is 30.8 Å². The van der Waals surface area contributed by atoms with Crippen molar-refractivity contribution in [3.8, 4) is 0 Å². The molecule has 8 nitrogen and oxygen atoms in total. The predicted octanol–water partition coefficient (Wildman–Crippen LogP) is 1.85. The van der Waals surface area contributed by atoms with Crippen LogP contribution in [0.5, 0.6) is 0 Å². The molecule has 1 unspecified atom stereocenters. The lowest BCUT2D eigenvalue weighted by molar-refractivity contribution is -0.113. The van der Waals surface area contributed by atoms with Gasteiger partial charge in [0.05, 0.1) is 29.7 Å². The van der Waals surface area contributed by atoms with Crippen LogP contribution in [-0.4, -0.2) is 45.0 Å². The SMILES string of the molecule is CCc1nnc(SCC(=O)Nc2ccccc2C(N)=O)n1CC1CCCO1. The molecule has 1 atom stereocenters. The van der Waals surface area contributed by atoms with Crippen molar-refractivity contribution in [2.24, 2.45) is 5.73 Å². The quantitative estimate of drug-likeness (QED) is 0.667. The van der Waals surface area contributed by atoms with Gasteiger partial charge in [0, 0.05) is 13.0 Å². The molecule has 1 aliphatic rings. The minimum absolute atomic E-state index is 0.153. The molecular formula is C18H23N5O3S. The fraction of sp³-hybridized carbons (Fsp3) is 0.444. The van der Waals surface area contributed by atoms with Crippen molar-refractivity contribution in [1.29, 1.82) is 0 Å². The van der Waals surface area contributed by atoms with E-state index in [0.29, 0.717) is 17.4 Å². The third kappa shape index (κ3) is 4.86. The Morgan fingerprint density at radius 3 is 2.89 bits per heavy atom. The van der Waals surface area contributed by atoms with Gasteiger partial charge in [0.2, 0.25) is 5.91 Å². The molecule has 144 valence electrons. The predicted molar refractivity (Wildman–Crippen MR) is 103 cm³/mol. The highest BCUT2D eigenvalue weighted by atomic mass is 32.2. The maximum absolute atomic E-state index is 12.3. The molecule has 0 spiro atoms. The topological polar surface area (TPSA) is 112 Å². The average molecular weight is 389 g/mol. The summed E-state index contributed by atoms with van der Waals surface area (Å²) in [6, 6.07) is 6.67. The van der Waals surface area contributed by atoms with E-state index in [9.17, 15) is 9.59 Å². The summed E-state index contributed by atoms with van der Waals surface area (Å²) in [6.45, 7) is 3.51. The van der Waals surface area contributed by atoms with E-state index in [1.54, 1.807) is 24.3 Å². The lowest BCUT2D eigenvalue weighted by atomic mass is 10.1. The van der Waals surface area contributed by atoms with Crippen molar-refractivity contribution in [1.82, 2.24) is 14.8 Å². The Morgan fingerprint density at radius 2 is 2.19 bits per heavy atom. The van der Waals surface area contributed by atoms with Crippen molar-refractivity contribution in [3.63, 3.8) is 0 Å². The Morgan fingerprint density at radius 1 is 1.37 bits per heavy atom. The molecule has 1 aromatic carbocycles. The third-order valence-corrected chi connectivity index (χ3v) is 5.29. The minimum Gasteiger partial charge on any atom is -0.376 e. The number of carbonyl (C=O) groups excluding carboxylic acids is 2. The van der Waals surface area contributed by atoms with Crippen LogP contribution in [0.15, 0.2) is 29.4 Å². The molecule has 2 heterocycles. The number of aromatic nitrogens is 3. The second-order valence-corrected chi connectivity index (χ2v) is 7.19. The number of primary amides is 1. The molecule has 1 fully saturated rings. The molecule has 0 saturated carbocycles. The molecule has 27 heavy (non-hydrogen) atoms. The van der Waals surface area contributed by atoms with E-state index in [0.717, 1.165) is 31.7 Å². The summed E-state index contributed by atoms with van der Waals surface area (Å²) >= 11 is 1.31. The van der Waals surface area contributed by atoms with Crippen molar-refractivity contribution in [3.05, 3.63) is 35.7 Å². The van der Waals surface area contributed by atoms with E-state index < -0.39 is 5.91 Å². The van der Waals surface area contributed by atoms with Crippen LogP contribution in [0.3, 0.4) is 0 Å². The molecule has 0 aliphatic carbocycles. The van der Waals surface area contributed by atoms with Gasteiger partial charge in [-0.15, -0.1) is 10.2 Å². The first-order chi connectivity index (χ1) is 13.1. The average Bonchev–Trinajstić information content (AvgIpc) is 3.30. The maximum atomic E-state index is 12.3. The highest BCUT2D eigenvalue weighted by Gasteiger charge is 2.21. The first-order valence-electron chi connectivity index (χ1n) is 8.93. The number of para-hydroxylation sites is 1. The van der Waals surface area contributed by atoms with E-state index in [1.807, 2.05) is 11.5 Å². The molecule has 1 saturated heterocycles. The smallest absolute Gasteiger partial charge is 0.250 e. The van der Waals surface area contributed by atoms with Crippen molar-refractivity contribution >= 4 is 29.3 Å². The number of nitrogens with one attached hydrogen (secondary N) is 1. The zero-order valence-electron chi connectivity index (χ0n) is 15.2. The van der Waals surface area contributed by atoms with Gasteiger partial charge in [0.15, 0.2) is 5.16 Å². The largest absolute Gasteiger partial charge is 0.376 e. The van der Waals surface area contributed by atoms with Crippen LogP contribution in [0.4, 0.5) is 5.69 Å². The molecular weight excluding hydrogens is 366 g/mol. The summed E-state index contributed by atoms with van der Waals surface area (Å²) in [5.41, 5.74) is 6.03. The summed E-state index contributed by atoms with van der Waals surface area (Å²) in [5, 5.41) is 11.9. The zero-order valence-corrected chi connectivity index (χ0v) is 16.0. The number of ether oxygens (including phenoxy) is 1. The number of thioether (sulfide) groups is 1. The number of rotatable bonds is 8. The molecule has 1 aliphatic heterocycles. The van der Waals surface area contributed by atoms with Crippen LogP contribution in [0, 0.1) is 0 Å². The monoisotopic (exact) mass is 389 g/mol. The molecule has 1 aromatic heterocycles. The molecule has 9 heteroatoms. The molecule has 0 radical (unpaired) electrons. The molecule has 2 aromatic rings. The van der Waals surface area contributed by atoms with Crippen LogP contribution < -0.4 is 11.1 Å². The van der Waals surface area contributed by atoms with E-state index >= 15 is 0 Å². The van der Waals surface area contributed by atoms with Gasteiger partial charge in [-0.2, -0.15) is 0 Å². The number of benzene rings is 1. The van der Waals surface area contributed by atoms with E-state index in [2.05, 4.69) is 15.5 Å². The van der Waals surface area contributed by atoms with Crippen molar-refractivity contribution in [2.45, 2.75) is 44.0 Å². The van der Waals surface area contributed by atoms with Gasteiger partial charge >= 0.3 is 0 Å². The molecule has 0 bridgehead atoms. The number of anilines is 1. The van der Waals surface area contributed by atoms with Gasteiger partial charge in [0.25, 0.3) is 5.91 Å². The Balaban J connectivity index is 1.63. The first-order valence-corrected chi connectivity index (χ1v) is 9.92. The third-order valence-electron chi connectivity index (χ3n) is 4.32. The lowest BCUT2D eigenvalue weighted by Gasteiger charge is -2.14. The Bertz CT molecular complexity index is 817. The van der Waals surface area contributed by atoms with E-state index in [1.165, 1.54) is 11.8 Å². The fourth-order valence-corrected chi connectivity index (χ4v) is 3.75. The maximum Gasteiger partial charge on any atom is 0.250 e. The van der Waals surface area contributed by atoms with Crippen LogP contribution in [0.2, 0.25) is 0 Å². The van der Waals surface area contributed by atoms with Crippen LogP contribution in [0.25, 0.3) is 0 Å². The van der Waals surface area contributed by atoms with E-state index in [4.69, 9.17) is 10.5 Å². The van der Waals surface area contributed by atoms with Gasteiger partial charge in [-0.05, 0) is 25.0 Å². The minimum atomic E-state index is -0.581. The van der Waals surface area contributed by atoms with Crippen LogP contribution in [0.1, 0.15) is 35.9 Å². The first kappa shape index (κ1) is 19.4. The second kappa shape index (κ2) is 9.01. The zero-order chi connectivity index (χ0) is 19.2. The lowest BCUT2D eigenvalue weighted by Crippen LogP contribution is -2.20. The number of hydrogen-bond acceptors (Lipinski definition) is 6. The fourth-order valence-electron chi connectivity index (χ4n) is 2.99. The van der Waals surface area contributed by atoms with Crippen molar-refractivity contribution in [2.75, 3.05) is 17.7 Å². The normalized spacial score (nSPS) is 16.4. The Hall–Kier alpha value is -2.39. The number of aryl methyl sites for hydroxylation is 1. The number of amides is 2. The van der Waals surface area contributed by atoms with E-state index in [-0.39, 0.29) is 23.3 Å². The number of nitrogens with two attached hydrogens (primary N) is 1. The van der Waals surface area contributed by atoms with Gasteiger partial charge in [0.1, 0.15) is 5.82 Å². The second-order valence-electron chi connectivity index (χ2n) is 6.24. The Kier molecular flexibility index (Phi) is 6.46. The van der Waals surface area contributed by atoms with Crippen molar-refractivity contribution < 1.29 is 14.3 Å². The van der Waals surface area contributed by atoms with Crippen LogP contribution >= 0.6 is 11.8 Å². The van der Waals surface area contributed by atoms with Gasteiger partial charge in [-0.3, -0.25) is 9.59 Å². The summed E-state index contributed by atoms with van der Waals surface area (Å²) in [5.74, 6) is 0.217. The highest BCUT2D eigenvalue weighted by molar-refractivity contribution is 7.99. The highest BCUT2D eigenvalue weighted by Crippen LogP contribution is 2.22. The Labute approximate surface area is 161 Å². The standard InChI is InChI=1S/C18H23N5O3S/c1-2-15-21-22-18(23(15)10-12-6-5-9-26-12)27-11-16(24)20-14-8-4-3-7-13(14)17(19)25/h3-4,7-8,12H,2,5-6,9-11H2,1H3,(H2,19,25)(H,20,24). The molecule has 3 N–H and O–H groups in total. The molecule has 3 rings (SSSR count). The van der Waals surface area contributed by atoms with Gasteiger partial charge in [-0.25, -0.2) is 0 Å². The number of hydrogen-bond donors (Lipinski definition) is 2. The molecule has 2 amide bonds. The van der Waals surface area contributed by atoms with Gasteiger partial charge < -0.3 is 20.4 Å².